The minimum atomic E-state index is -0.504. The standard InChI is InChI=1S/C12H20O2/c1-10(2)9-11(13)12(14-3)7-5-4-6-8-12/h9H,4-8H2,1-3H3. The summed E-state index contributed by atoms with van der Waals surface area (Å²) in [5.41, 5.74) is 0.548. The first kappa shape index (κ1) is 11.4. The topological polar surface area (TPSA) is 26.3 Å². The van der Waals surface area contributed by atoms with E-state index in [1.54, 1.807) is 13.2 Å². The largest absolute Gasteiger partial charge is 0.370 e. The minimum Gasteiger partial charge on any atom is -0.370 e. The van der Waals surface area contributed by atoms with E-state index in [0.717, 1.165) is 31.3 Å². The Morgan fingerprint density at radius 2 is 1.79 bits per heavy atom. The molecule has 1 aliphatic carbocycles. The molecule has 0 radical (unpaired) electrons. The van der Waals surface area contributed by atoms with Gasteiger partial charge in [-0.05, 0) is 32.8 Å². The van der Waals surface area contributed by atoms with Gasteiger partial charge in [-0.2, -0.15) is 0 Å². The van der Waals surface area contributed by atoms with E-state index in [1.165, 1.54) is 6.42 Å². The van der Waals surface area contributed by atoms with Gasteiger partial charge in [-0.15, -0.1) is 0 Å². The lowest BCUT2D eigenvalue weighted by atomic mass is 9.81. The van der Waals surface area contributed by atoms with Crippen LogP contribution in [-0.2, 0) is 9.53 Å². The normalized spacial score (nSPS) is 20.2. The third kappa shape index (κ3) is 2.44. The molecule has 0 aliphatic heterocycles. The Balaban J connectivity index is 2.77. The number of carbonyl (C=O) groups is 1. The van der Waals surface area contributed by atoms with Crippen molar-refractivity contribution in [2.75, 3.05) is 7.11 Å². The monoisotopic (exact) mass is 196 g/mol. The van der Waals surface area contributed by atoms with Gasteiger partial charge in [0.15, 0.2) is 5.78 Å². The van der Waals surface area contributed by atoms with Crippen LogP contribution in [0.25, 0.3) is 0 Å². The van der Waals surface area contributed by atoms with E-state index in [2.05, 4.69) is 0 Å². The number of carbonyl (C=O) groups excluding carboxylic acids is 1. The van der Waals surface area contributed by atoms with Crippen LogP contribution in [0, 0.1) is 0 Å². The SMILES string of the molecule is COC1(C(=O)C=C(C)C)CCCCC1. The molecule has 0 aromatic rings. The molecule has 2 nitrogen and oxygen atoms in total. The van der Waals surface area contributed by atoms with Crippen LogP contribution >= 0.6 is 0 Å². The van der Waals surface area contributed by atoms with Crippen LogP contribution < -0.4 is 0 Å². The zero-order chi connectivity index (χ0) is 10.6. The van der Waals surface area contributed by atoms with E-state index in [1.807, 2.05) is 13.8 Å². The third-order valence-electron chi connectivity index (χ3n) is 2.92. The van der Waals surface area contributed by atoms with Gasteiger partial charge in [0.05, 0.1) is 0 Å². The molecule has 1 rings (SSSR count). The van der Waals surface area contributed by atoms with E-state index in [0.29, 0.717) is 0 Å². The maximum atomic E-state index is 12.0. The van der Waals surface area contributed by atoms with Gasteiger partial charge in [-0.25, -0.2) is 0 Å². The van der Waals surface area contributed by atoms with Gasteiger partial charge < -0.3 is 4.74 Å². The summed E-state index contributed by atoms with van der Waals surface area (Å²) >= 11 is 0. The summed E-state index contributed by atoms with van der Waals surface area (Å²) < 4.78 is 5.45. The van der Waals surface area contributed by atoms with E-state index in [4.69, 9.17) is 4.74 Å². The van der Waals surface area contributed by atoms with Gasteiger partial charge in [0.2, 0.25) is 0 Å². The molecule has 0 N–H and O–H groups in total. The minimum absolute atomic E-state index is 0.153. The summed E-state index contributed by atoms with van der Waals surface area (Å²) in [5, 5.41) is 0. The van der Waals surface area contributed by atoms with E-state index >= 15 is 0 Å². The Bertz CT molecular complexity index is 231. The van der Waals surface area contributed by atoms with E-state index in [9.17, 15) is 4.79 Å². The predicted molar refractivity (Wildman–Crippen MR) is 57.3 cm³/mol. The van der Waals surface area contributed by atoms with Crippen molar-refractivity contribution in [2.24, 2.45) is 0 Å². The van der Waals surface area contributed by atoms with Crippen molar-refractivity contribution in [2.45, 2.75) is 51.6 Å². The van der Waals surface area contributed by atoms with Gasteiger partial charge in [-0.3, -0.25) is 4.79 Å². The van der Waals surface area contributed by atoms with Crippen LogP contribution in [0.5, 0.6) is 0 Å². The zero-order valence-corrected chi connectivity index (χ0v) is 9.43. The van der Waals surface area contributed by atoms with Crippen LogP contribution in [0.4, 0.5) is 0 Å². The fraction of sp³-hybridized carbons (Fsp3) is 0.750. The summed E-state index contributed by atoms with van der Waals surface area (Å²) in [5.74, 6) is 0.153. The summed E-state index contributed by atoms with van der Waals surface area (Å²) in [4.78, 5) is 12.0. The van der Waals surface area contributed by atoms with Crippen molar-refractivity contribution < 1.29 is 9.53 Å². The highest BCUT2D eigenvalue weighted by atomic mass is 16.5. The molecule has 0 aromatic heterocycles. The molecule has 0 amide bonds. The highest BCUT2D eigenvalue weighted by Crippen LogP contribution is 2.32. The Labute approximate surface area is 86.3 Å². The Kier molecular flexibility index (Phi) is 3.87. The molecule has 0 atom stereocenters. The quantitative estimate of drug-likeness (QED) is 0.649. The summed E-state index contributed by atoms with van der Waals surface area (Å²) in [6, 6.07) is 0. The zero-order valence-electron chi connectivity index (χ0n) is 9.43. The first-order valence-electron chi connectivity index (χ1n) is 5.35. The fourth-order valence-electron chi connectivity index (χ4n) is 2.07. The molecule has 1 saturated carbocycles. The highest BCUT2D eigenvalue weighted by Gasteiger charge is 2.37. The smallest absolute Gasteiger partial charge is 0.187 e. The molecule has 0 saturated heterocycles. The molecule has 0 unspecified atom stereocenters. The molecule has 14 heavy (non-hydrogen) atoms. The van der Waals surface area contributed by atoms with E-state index in [-0.39, 0.29) is 5.78 Å². The molecular weight excluding hydrogens is 176 g/mol. The maximum Gasteiger partial charge on any atom is 0.187 e. The first-order valence-corrected chi connectivity index (χ1v) is 5.35. The fourth-order valence-corrected chi connectivity index (χ4v) is 2.07. The molecule has 0 spiro atoms. The summed E-state index contributed by atoms with van der Waals surface area (Å²) in [6.07, 6.45) is 6.92. The van der Waals surface area contributed by atoms with Crippen molar-refractivity contribution in [1.29, 1.82) is 0 Å². The Morgan fingerprint density at radius 3 is 2.21 bits per heavy atom. The number of rotatable bonds is 3. The molecule has 80 valence electrons. The second kappa shape index (κ2) is 4.74. The molecular formula is C12H20O2. The maximum absolute atomic E-state index is 12.0. The average molecular weight is 196 g/mol. The average Bonchev–Trinajstić information content (AvgIpc) is 2.18. The van der Waals surface area contributed by atoms with Gasteiger partial charge in [0.25, 0.3) is 0 Å². The number of allylic oxidation sites excluding steroid dienone is 1. The lowest BCUT2D eigenvalue weighted by molar-refractivity contribution is -0.139. The van der Waals surface area contributed by atoms with Crippen LogP contribution in [0.2, 0.25) is 0 Å². The number of ether oxygens (including phenoxy) is 1. The predicted octanol–water partition coefficient (Wildman–Crippen LogP) is 2.87. The lowest BCUT2D eigenvalue weighted by Gasteiger charge is -2.33. The first-order chi connectivity index (χ1) is 6.60. The molecule has 1 fully saturated rings. The molecule has 0 aromatic carbocycles. The summed E-state index contributed by atoms with van der Waals surface area (Å²) in [7, 11) is 1.65. The number of ketones is 1. The second-order valence-electron chi connectivity index (χ2n) is 4.35. The molecule has 1 aliphatic rings. The van der Waals surface area contributed by atoms with Crippen molar-refractivity contribution in [1.82, 2.24) is 0 Å². The molecule has 0 heterocycles. The van der Waals surface area contributed by atoms with Crippen molar-refractivity contribution >= 4 is 5.78 Å². The Morgan fingerprint density at radius 1 is 1.21 bits per heavy atom. The molecule has 2 heteroatoms. The van der Waals surface area contributed by atoms with Crippen molar-refractivity contribution in [3.63, 3.8) is 0 Å². The van der Waals surface area contributed by atoms with Crippen LogP contribution in [0.15, 0.2) is 11.6 Å². The van der Waals surface area contributed by atoms with Crippen molar-refractivity contribution in [3.8, 4) is 0 Å². The van der Waals surface area contributed by atoms with Crippen LogP contribution in [-0.4, -0.2) is 18.5 Å². The summed E-state index contributed by atoms with van der Waals surface area (Å²) in [6.45, 7) is 3.90. The highest BCUT2D eigenvalue weighted by molar-refractivity contribution is 5.97. The third-order valence-corrected chi connectivity index (χ3v) is 2.92. The van der Waals surface area contributed by atoms with E-state index < -0.39 is 5.60 Å². The van der Waals surface area contributed by atoms with Crippen LogP contribution in [0.3, 0.4) is 0 Å². The van der Waals surface area contributed by atoms with Crippen molar-refractivity contribution in [3.05, 3.63) is 11.6 Å². The molecule has 0 bridgehead atoms. The number of hydrogen-bond donors (Lipinski definition) is 0. The number of hydrogen-bond acceptors (Lipinski definition) is 2. The van der Waals surface area contributed by atoms with Crippen LogP contribution in [0.1, 0.15) is 46.0 Å². The Hall–Kier alpha value is -0.630. The van der Waals surface area contributed by atoms with Gasteiger partial charge in [0, 0.05) is 7.11 Å². The van der Waals surface area contributed by atoms with Gasteiger partial charge in [-0.1, -0.05) is 24.8 Å². The van der Waals surface area contributed by atoms with Gasteiger partial charge in [0.1, 0.15) is 5.60 Å². The number of methoxy groups -OCH3 is 1. The lowest BCUT2D eigenvalue weighted by Crippen LogP contribution is -2.41. The van der Waals surface area contributed by atoms with Gasteiger partial charge >= 0.3 is 0 Å². The second-order valence-corrected chi connectivity index (χ2v) is 4.35.